The highest BCUT2D eigenvalue weighted by molar-refractivity contribution is 8.12. The Morgan fingerprint density at radius 1 is 1.71 bits per heavy atom. The summed E-state index contributed by atoms with van der Waals surface area (Å²) >= 11 is 1.90. The molecule has 0 atom stereocenters. The third-order valence-electron chi connectivity index (χ3n) is 1.06. The van der Waals surface area contributed by atoms with Crippen molar-refractivity contribution in [3.8, 4) is 0 Å². The molecule has 0 bridgehead atoms. The van der Waals surface area contributed by atoms with E-state index in [2.05, 4.69) is 12.3 Å². The van der Waals surface area contributed by atoms with Gasteiger partial charge in [-0.25, -0.2) is 0 Å². The van der Waals surface area contributed by atoms with Crippen LogP contribution in [0.5, 0.6) is 0 Å². The van der Waals surface area contributed by atoms with Crippen LogP contribution in [0.2, 0.25) is 0 Å². The van der Waals surface area contributed by atoms with Gasteiger partial charge in [0.1, 0.15) is 0 Å². The van der Waals surface area contributed by atoms with Crippen molar-refractivity contribution in [1.29, 1.82) is 0 Å². The van der Waals surface area contributed by atoms with Gasteiger partial charge in [-0.15, -0.1) is 11.8 Å². The van der Waals surface area contributed by atoms with Gasteiger partial charge in [0, 0.05) is 0 Å². The summed E-state index contributed by atoms with van der Waals surface area (Å²) in [6.45, 7) is 2.23. The molecule has 1 rings (SSSR count). The molecule has 0 N–H and O–H groups in total. The van der Waals surface area contributed by atoms with Crippen molar-refractivity contribution in [3.05, 3.63) is 10.3 Å². The zero-order valence-electron chi connectivity index (χ0n) is 4.61. The van der Waals surface area contributed by atoms with Gasteiger partial charge in [0.05, 0.1) is 0 Å². The van der Waals surface area contributed by atoms with Gasteiger partial charge in [-0.05, 0) is 23.2 Å². The number of unbranched alkanes of at least 4 members (excludes halogenated alkanes) is 1. The Balaban J connectivity index is 1.89. The Morgan fingerprint density at radius 2 is 2.43 bits per heavy atom. The quantitative estimate of drug-likeness (QED) is 0.543. The van der Waals surface area contributed by atoms with Crippen molar-refractivity contribution in [2.75, 3.05) is 0 Å². The lowest BCUT2D eigenvalue weighted by molar-refractivity contribution is 0.813. The molecule has 0 fully saturated rings. The maximum absolute atomic E-state index is 2.23. The SMILES string of the molecule is CCCCC1=CS1. The molecule has 0 radical (unpaired) electrons. The van der Waals surface area contributed by atoms with Gasteiger partial charge in [0.2, 0.25) is 0 Å². The van der Waals surface area contributed by atoms with E-state index in [-0.39, 0.29) is 0 Å². The molecule has 0 aromatic rings. The van der Waals surface area contributed by atoms with Crippen LogP contribution < -0.4 is 0 Å². The third kappa shape index (κ3) is 2.03. The zero-order chi connectivity index (χ0) is 5.11. The monoisotopic (exact) mass is 114 g/mol. The molecule has 1 heteroatoms. The van der Waals surface area contributed by atoms with E-state index in [0.717, 1.165) is 0 Å². The standard InChI is InChI=1S/C6H10S/c1-2-3-4-6-5-7-6/h5H,2-4H2,1H3. The number of rotatable bonds is 3. The molecule has 1 aliphatic heterocycles. The van der Waals surface area contributed by atoms with Crippen LogP contribution in [0.15, 0.2) is 10.3 Å². The van der Waals surface area contributed by atoms with E-state index in [9.17, 15) is 0 Å². The highest BCUT2D eigenvalue weighted by Gasteiger charge is 2.05. The predicted molar refractivity (Wildman–Crippen MR) is 35.2 cm³/mol. The van der Waals surface area contributed by atoms with Gasteiger partial charge >= 0.3 is 0 Å². The molecule has 1 heterocycles. The Labute approximate surface area is 49.0 Å². The molecular formula is C6H10S. The minimum Gasteiger partial charge on any atom is -0.101 e. The summed E-state index contributed by atoms with van der Waals surface area (Å²) in [5, 5.41) is 2.23. The van der Waals surface area contributed by atoms with E-state index in [4.69, 9.17) is 0 Å². The van der Waals surface area contributed by atoms with E-state index in [0.29, 0.717) is 0 Å². The Kier molecular flexibility index (Phi) is 1.80. The molecule has 0 aliphatic carbocycles. The van der Waals surface area contributed by atoms with Crippen LogP contribution >= 0.6 is 11.8 Å². The summed E-state index contributed by atoms with van der Waals surface area (Å²) in [6, 6.07) is 0. The number of hydrogen-bond donors (Lipinski definition) is 0. The third-order valence-corrected chi connectivity index (χ3v) is 1.83. The lowest BCUT2D eigenvalue weighted by Crippen LogP contribution is -1.64. The van der Waals surface area contributed by atoms with Crippen LogP contribution in [-0.2, 0) is 0 Å². The number of hydrogen-bond acceptors (Lipinski definition) is 1. The first-order valence-electron chi connectivity index (χ1n) is 2.79. The first-order valence-corrected chi connectivity index (χ1v) is 3.67. The van der Waals surface area contributed by atoms with Crippen LogP contribution in [0.4, 0.5) is 0 Å². The fourth-order valence-electron chi connectivity index (χ4n) is 0.511. The molecule has 0 nitrogen and oxygen atoms in total. The van der Waals surface area contributed by atoms with E-state index in [1.165, 1.54) is 19.3 Å². The minimum atomic E-state index is 1.33. The molecule has 0 spiro atoms. The van der Waals surface area contributed by atoms with E-state index >= 15 is 0 Å². The van der Waals surface area contributed by atoms with E-state index in [1.54, 1.807) is 4.91 Å². The van der Waals surface area contributed by atoms with Gasteiger partial charge in [0.15, 0.2) is 0 Å². The van der Waals surface area contributed by atoms with Gasteiger partial charge < -0.3 is 0 Å². The summed E-state index contributed by atoms with van der Waals surface area (Å²) < 4.78 is 0. The van der Waals surface area contributed by atoms with Gasteiger partial charge in [-0.1, -0.05) is 13.3 Å². The predicted octanol–water partition coefficient (Wildman–Crippen LogP) is 2.76. The normalized spacial score (nSPS) is 16.4. The summed E-state index contributed by atoms with van der Waals surface area (Å²) in [7, 11) is 0. The van der Waals surface area contributed by atoms with Crippen molar-refractivity contribution in [3.63, 3.8) is 0 Å². The van der Waals surface area contributed by atoms with Crippen molar-refractivity contribution in [2.45, 2.75) is 26.2 Å². The Morgan fingerprint density at radius 3 is 2.86 bits per heavy atom. The second-order valence-electron chi connectivity index (χ2n) is 1.81. The van der Waals surface area contributed by atoms with Crippen LogP contribution in [0.25, 0.3) is 0 Å². The molecule has 0 unspecified atom stereocenters. The van der Waals surface area contributed by atoms with Crippen LogP contribution in [0.1, 0.15) is 26.2 Å². The van der Waals surface area contributed by atoms with Crippen molar-refractivity contribution >= 4 is 11.8 Å². The Hall–Kier alpha value is 0.0900. The van der Waals surface area contributed by atoms with Crippen LogP contribution in [-0.4, -0.2) is 0 Å². The topological polar surface area (TPSA) is 0 Å². The summed E-state index contributed by atoms with van der Waals surface area (Å²) in [5.41, 5.74) is 0. The largest absolute Gasteiger partial charge is 0.101 e. The highest BCUT2D eigenvalue weighted by Crippen LogP contribution is 2.37. The first kappa shape index (κ1) is 5.23. The van der Waals surface area contributed by atoms with Gasteiger partial charge in [-0.2, -0.15) is 0 Å². The summed E-state index contributed by atoms with van der Waals surface area (Å²) in [5.74, 6) is 0. The van der Waals surface area contributed by atoms with Crippen molar-refractivity contribution in [2.24, 2.45) is 0 Å². The van der Waals surface area contributed by atoms with E-state index in [1.807, 2.05) is 11.8 Å². The maximum atomic E-state index is 2.23. The smallest absolute Gasteiger partial charge is 0.00417 e. The molecule has 0 saturated heterocycles. The van der Waals surface area contributed by atoms with Gasteiger partial charge in [-0.3, -0.25) is 0 Å². The molecule has 0 aromatic heterocycles. The molecule has 1 aliphatic rings. The molecule has 0 amide bonds. The summed E-state index contributed by atoms with van der Waals surface area (Å²) in [4.78, 5) is 1.60. The first-order chi connectivity index (χ1) is 3.43. The lowest BCUT2D eigenvalue weighted by atomic mass is 10.2. The molecule has 7 heavy (non-hydrogen) atoms. The zero-order valence-corrected chi connectivity index (χ0v) is 5.42. The summed E-state index contributed by atoms with van der Waals surface area (Å²) in [6.07, 6.45) is 4.04. The second-order valence-corrected chi connectivity index (χ2v) is 2.80. The lowest BCUT2D eigenvalue weighted by Gasteiger charge is -1.84. The van der Waals surface area contributed by atoms with E-state index < -0.39 is 0 Å². The molecule has 0 saturated carbocycles. The fourth-order valence-corrected chi connectivity index (χ4v) is 0.974. The fraction of sp³-hybridized carbons (Fsp3) is 0.667. The van der Waals surface area contributed by atoms with Crippen LogP contribution in [0, 0.1) is 0 Å². The average molecular weight is 114 g/mol. The second kappa shape index (κ2) is 2.41. The van der Waals surface area contributed by atoms with Crippen molar-refractivity contribution < 1.29 is 0 Å². The molecular weight excluding hydrogens is 104 g/mol. The molecule has 0 aromatic carbocycles. The minimum absolute atomic E-state index is 1.33. The average Bonchev–Trinajstić information content (AvgIpc) is 2.42. The van der Waals surface area contributed by atoms with Crippen molar-refractivity contribution in [1.82, 2.24) is 0 Å². The van der Waals surface area contributed by atoms with Gasteiger partial charge in [0.25, 0.3) is 0 Å². The Bertz CT molecular complexity index is 84.2. The highest BCUT2D eigenvalue weighted by atomic mass is 32.2. The number of allylic oxidation sites excluding steroid dienone is 1. The maximum Gasteiger partial charge on any atom is -0.00417 e. The molecule has 40 valence electrons. The van der Waals surface area contributed by atoms with Crippen LogP contribution in [0.3, 0.4) is 0 Å². The number of thioether (sulfide) groups is 1.